The third-order valence-corrected chi connectivity index (χ3v) is 9.22. The molecule has 0 spiro atoms. The molecule has 12 nitrogen and oxygen atoms in total. The number of nitrogen functional groups attached to an aromatic ring is 1. The normalized spacial score (nSPS) is 18.2. The molecule has 2 aliphatic rings. The lowest BCUT2D eigenvalue weighted by Crippen LogP contribution is -2.76. The molecule has 0 bridgehead atoms. The monoisotopic (exact) mass is 658 g/mol. The second-order valence-corrected chi connectivity index (χ2v) is 12.6. The van der Waals surface area contributed by atoms with Gasteiger partial charge >= 0.3 is 6.03 Å². The topological polar surface area (TPSA) is 140 Å². The number of amides is 4. The summed E-state index contributed by atoms with van der Waals surface area (Å²) in [4.78, 5) is 45.4. The zero-order valence-electron chi connectivity index (χ0n) is 27.1. The third-order valence-electron chi connectivity index (χ3n) is 9.22. The van der Waals surface area contributed by atoms with Gasteiger partial charge in [-0.05, 0) is 46.5 Å². The van der Waals surface area contributed by atoms with E-state index in [2.05, 4.69) is 10.4 Å². The Bertz CT molecular complexity index is 1980. The zero-order valence-corrected chi connectivity index (χ0v) is 27.1. The van der Waals surface area contributed by atoms with Crippen LogP contribution in [0.2, 0.25) is 0 Å². The van der Waals surface area contributed by atoms with Gasteiger partial charge in [0.05, 0.1) is 31.3 Å². The van der Waals surface area contributed by atoms with E-state index in [-0.39, 0.29) is 49.7 Å². The van der Waals surface area contributed by atoms with Gasteiger partial charge in [0.2, 0.25) is 11.8 Å². The van der Waals surface area contributed by atoms with Crippen LogP contribution < -0.4 is 11.1 Å². The Morgan fingerprint density at radius 2 is 1.63 bits per heavy atom. The quantitative estimate of drug-likeness (QED) is 0.217. The summed E-state index contributed by atoms with van der Waals surface area (Å²) in [6.45, 7) is 1.13. The van der Waals surface area contributed by atoms with Crippen LogP contribution in [0.25, 0.3) is 10.9 Å². The highest BCUT2D eigenvalue weighted by atomic mass is 16.3. The lowest BCUT2D eigenvalue weighted by Gasteiger charge is -2.54. The Morgan fingerprint density at radius 1 is 0.898 bits per heavy atom. The predicted octanol–water partition coefficient (Wildman–Crippen LogP) is 3.55. The number of phenols is 1. The molecule has 2 atom stereocenters. The number of aromatic hydroxyl groups is 1. The Balaban J connectivity index is 1.23. The summed E-state index contributed by atoms with van der Waals surface area (Å²) in [6.07, 6.45) is 1.29. The van der Waals surface area contributed by atoms with Crippen molar-refractivity contribution in [2.24, 2.45) is 0 Å². The van der Waals surface area contributed by atoms with Crippen molar-refractivity contribution in [2.75, 3.05) is 25.9 Å². The van der Waals surface area contributed by atoms with Gasteiger partial charge in [-0.3, -0.25) is 14.3 Å². The van der Waals surface area contributed by atoms with Crippen LogP contribution in [0.1, 0.15) is 22.3 Å². The number of anilines is 1. The number of phenolic OH excluding ortho intramolecular Hbond substituents is 1. The van der Waals surface area contributed by atoms with E-state index in [4.69, 9.17) is 5.73 Å². The van der Waals surface area contributed by atoms with Crippen molar-refractivity contribution in [1.29, 1.82) is 0 Å². The molecule has 7 rings (SSSR count). The van der Waals surface area contributed by atoms with Crippen molar-refractivity contribution < 1.29 is 19.5 Å². The third kappa shape index (κ3) is 6.50. The molecule has 12 heteroatoms. The summed E-state index contributed by atoms with van der Waals surface area (Å²) in [5, 5.41) is 21.7. The van der Waals surface area contributed by atoms with Gasteiger partial charge in [-0.1, -0.05) is 72.8 Å². The van der Waals surface area contributed by atoms with Crippen LogP contribution in [0.4, 0.5) is 10.5 Å². The van der Waals surface area contributed by atoms with Crippen molar-refractivity contribution in [2.45, 2.75) is 38.3 Å². The molecule has 4 aromatic carbocycles. The maximum absolute atomic E-state index is 14.5. The minimum atomic E-state index is -0.868. The van der Waals surface area contributed by atoms with Crippen molar-refractivity contribution >= 4 is 34.4 Å². The number of nitrogens with one attached hydrogen (secondary N) is 1. The average Bonchev–Trinajstić information content (AvgIpc) is 3.51. The van der Waals surface area contributed by atoms with Gasteiger partial charge in [0.1, 0.15) is 18.0 Å². The molecule has 1 aromatic heterocycles. The molecule has 3 heterocycles. The number of nitrogens with zero attached hydrogens (tertiary/aromatic N) is 6. The minimum Gasteiger partial charge on any atom is -0.508 e. The predicted molar refractivity (Wildman–Crippen MR) is 184 cm³/mol. The number of carbonyl (C=O) groups is 3. The molecule has 0 unspecified atom stereocenters. The van der Waals surface area contributed by atoms with Crippen molar-refractivity contribution in [3.63, 3.8) is 0 Å². The lowest BCUT2D eigenvalue weighted by atomic mass is 9.98. The molecular weight excluding hydrogens is 620 g/mol. The van der Waals surface area contributed by atoms with Gasteiger partial charge in [-0.15, -0.1) is 0 Å². The molecule has 250 valence electrons. The van der Waals surface area contributed by atoms with E-state index in [1.165, 1.54) is 0 Å². The maximum atomic E-state index is 14.5. The summed E-state index contributed by atoms with van der Waals surface area (Å²) < 4.78 is 1.92. The van der Waals surface area contributed by atoms with Crippen LogP contribution in [-0.4, -0.2) is 84.9 Å². The molecule has 0 radical (unpaired) electrons. The standard InChI is InChI=1S/C37H38N8O4/c1-41-24-34(47)44-32(18-25-12-16-31(46)17-13-25)36(48)42(23-33(44)45(41)37(49)39-19-26-6-3-2-4-7-26)22-29-9-5-8-28-20-40-43(35(28)29)21-27-10-14-30(38)15-11-27/h2-17,20,32-33,46H,18-19,21-24,38H2,1H3,(H,39,49)/t32-,33-/m0/s1. The second-order valence-electron chi connectivity index (χ2n) is 12.6. The number of rotatable bonds is 8. The molecule has 0 saturated carbocycles. The van der Waals surface area contributed by atoms with Crippen LogP contribution in [-0.2, 0) is 35.6 Å². The van der Waals surface area contributed by atoms with Crippen LogP contribution in [0.15, 0.2) is 103 Å². The summed E-state index contributed by atoms with van der Waals surface area (Å²) >= 11 is 0. The number of carbonyl (C=O) groups excluding carboxylic acids is 3. The number of urea groups is 1. The van der Waals surface area contributed by atoms with E-state index in [1.807, 2.05) is 83.7 Å². The lowest BCUT2D eigenvalue weighted by molar-refractivity contribution is -0.187. The fraction of sp³-hybridized carbons (Fsp3) is 0.243. The SMILES string of the molecule is CN1CC(=O)N2[C@@H](Cc3ccc(O)cc3)C(=O)N(Cc3cccc4cnn(Cc5ccc(N)cc5)c34)C[C@@H]2N1C(=O)NCc1ccccc1. The molecule has 2 aliphatic heterocycles. The summed E-state index contributed by atoms with van der Waals surface area (Å²) in [7, 11) is 1.71. The fourth-order valence-corrected chi connectivity index (χ4v) is 6.83. The van der Waals surface area contributed by atoms with E-state index in [1.54, 1.807) is 51.1 Å². The van der Waals surface area contributed by atoms with Gasteiger partial charge in [0.25, 0.3) is 0 Å². The summed E-state index contributed by atoms with van der Waals surface area (Å²) in [5.41, 5.74) is 11.2. The summed E-state index contributed by atoms with van der Waals surface area (Å²) in [6, 6.07) is 28.6. The first-order chi connectivity index (χ1) is 23.7. The van der Waals surface area contributed by atoms with Gasteiger partial charge in [0.15, 0.2) is 0 Å². The number of benzene rings is 4. The van der Waals surface area contributed by atoms with Gasteiger partial charge in [-0.2, -0.15) is 5.10 Å². The molecule has 4 N–H and O–H groups in total. The second kappa shape index (κ2) is 13.3. The smallest absolute Gasteiger partial charge is 0.334 e. The highest BCUT2D eigenvalue weighted by molar-refractivity contribution is 5.92. The van der Waals surface area contributed by atoms with Crippen LogP contribution in [0.5, 0.6) is 5.75 Å². The Morgan fingerprint density at radius 3 is 2.39 bits per heavy atom. The Labute approximate surface area is 283 Å². The number of para-hydroxylation sites is 1. The molecule has 0 aliphatic carbocycles. The van der Waals surface area contributed by atoms with Crippen LogP contribution in [0, 0.1) is 0 Å². The number of fused-ring (bicyclic) bond motifs is 2. The number of hydrogen-bond donors (Lipinski definition) is 3. The van der Waals surface area contributed by atoms with Crippen LogP contribution in [0.3, 0.4) is 0 Å². The maximum Gasteiger partial charge on any atom is 0.334 e. The number of hydrazine groups is 1. The van der Waals surface area contributed by atoms with Gasteiger partial charge in [-0.25, -0.2) is 14.8 Å². The molecule has 49 heavy (non-hydrogen) atoms. The van der Waals surface area contributed by atoms with Crippen molar-refractivity contribution in [3.05, 3.63) is 126 Å². The molecule has 2 fully saturated rings. The summed E-state index contributed by atoms with van der Waals surface area (Å²) in [5.74, 6) is -0.340. The molecule has 4 amide bonds. The van der Waals surface area contributed by atoms with E-state index >= 15 is 0 Å². The zero-order chi connectivity index (χ0) is 34.1. The number of hydrogen-bond acceptors (Lipinski definition) is 7. The molecule has 2 saturated heterocycles. The van der Waals surface area contributed by atoms with E-state index in [9.17, 15) is 19.5 Å². The highest BCUT2D eigenvalue weighted by Crippen LogP contribution is 2.30. The van der Waals surface area contributed by atoms with E-state index in [0.29, 0.717) is 18.8 Å². The van der Waals surface area contributed by atoms with Gasteiger partial charge in [0, 0.05) is 37.6 Å². The highest BCUT2D eigenvalue weighted by Gasteiger charge is 2.50. The number of nitrogens with two attached hydrogens (primary N) is 1. The van der Waals surface area contributed by atoms with E-state index < -0.39 is 12.2 Å². The van der Waals surface area contributed by atoms with Crippen LogP contribution >= 0.6 is 0 Å². The van der Waals surface area contributed by atoms with Gasteiger partial charge < -0.3 is 26.0 Å². The molecule has 5 aromatic rings. The van der Waals surface area contributed by atoms with Crippen molar-refractivity contribution in [1.82, 2.24) is 34.9 Å². The largest absolute Gasteiger partial charge is 0.508 e. The Kier molecular flexibility index (Phi) is 8.62. The average molecular weight is 659 g/mol. The minimum absolute atomic E-state index is 0.0573. The number of aromatic nitrogens is 2. The number of likely N-dealkylation sites (N-methyl/N-ethyl adjacent to an activating group) is 1. The first-order valence-electron chi connectivity index (χ1n) is 16.2. The molecular formula is C37H38N8O4. The first-order valence-corrected chi connectivity index (χ1v) is 16.2. The fourth-order valence-electron chi connectivity index (χ4n) is 6.83. The van der Waals surface area contributed by atoms with Crippen molar-refractivity contribution in [3.8, 4) is 5.75 Å². The number of piperazine rings is 1. The first kappa shape index (κ1) is 31.7. The van der Waals surface area contributed by atoms with E-state index in [0.717, 1.165) is 33.2 Å². The Hall–Kier alpha value is -5.88.